The van der Waals surface area contributed by atoms with Crippen LogP contribution in [0, 0.1) is 0 Å². The van der Waals surface area contributed by atoms with E-state index in [1.165, 1.54) is 0 Å². The molecule has 1 aromatic carbocycles. The summed E-state index contributed by atoms with van der Waals surface area (Å²) in [6, 6.07) is 9.52. The van der Waals surface area contributed by atoms with E-state index in [1.807, 2.05) is 35.2 Å². The number of benzene rings is 1. The van der Waals surface area contributed by atoms with Crippen molar-refractivity contribution in [3.8, 4) is 0 Å². The van der Waals surface area contributed by atoms with E-state index in [1.54, 1.807) is 0 Å². The number of hydrogen-bond donors (Lipinski definition) is 1. The van der Waals surface area contributed by atoms with Gasteiger partial charge in [0, 0.05) is 19.5 Å². The van der Waals surface area contributed by atoms with Crippen LogP contribution in [0.2, 0.25) is 0 Å². The molecule has 0 radical (unpaired) electrons. The van der Waals surface area contributed by atoms with Crippen LogP contribution in [-0.2, 0) is 6.54 Å². The summed E-state index contributed by atoms with van der Waals surface area (Å²) >= 11 is 0. The molecule has 0 heterocycles. The number of hydrogen-bond acceptors (Lipinski definition) is 2. The van der Waals surface area contributed by atoms with Crippen molar-refractivity contribution in [2.45, 2.75) is 25.6 Å². The molecular weight excluding hydrogens is 243 g/mol. The van der Waals surface area contributed by atoms with Crippen LogP contribution in [0.3, 0.4) is 0 Å². The zero-order chi connectivity index (χ0) is 13.4. The number of aliphatic hydroxyl groups excluding tert-OH is 1. The van der Waals surface area contributed by atoms with Gasteiger partial charge < -0.3 is 5.11 Å². The molecule has 0 amide bonds. The smallest absolute Gasteiger partial charge is 0.389 e. The van der Waals surface area contributed by atoms with Gasteiger partial charge in [0.25, 0.3) is 0 Å². The number of aliphatic hydroxyl groups is 1. The first-order valence-corrected chi connectivity index (χ1v) is 5.95. The minimum Gasteiger partial charge on any atom is -0.395 e. The standard InChI is InChI=1S/C13H18F3NO/c14-13(15,16)7-4-8-17(9-10-18)11-12-5-2-1-3-6-12/h1-3,5-6,18H,4,7-11H2. The zero-order valence-electron chi connectivity index (χ0n) is 10.2. The molecule has 18 heavy (non-hydrogen) atoms. The summed E-state index contributed by atoms with van der Waals surface area (Å²) in [4.78, 5) is 1.83. The predicted molar refractivity (Wildman–Crippen MR) is 64.1 cm³/mol. The monoisotopic (exact) mass is 261 g/mol. The van der Waals surface area contributed by atoms with Gasteiger partial charge in [-0.15, -0.1) is 0 Å². The molecule has 0 unspecified atom stereocenters. The molecule has 102 valence electrons. The van der Waals surface area contributed by atoms with Gasteiger partial charge >= 0.3 is 6.18 Å². The highest BCUT2D eigenvalue weighted by atomic mass is 19.4. The molecule has 1 N–H and O–H groups in total. The SMILES string of the molecule is OCCN(CCCC(F)(F)F)Cc1ccccc1. The van der Waals surface area contributed by atoms with E-state index in [2.05, 4.69) is 0 Å². The molecule has 0 aliphatic carbocycles. The van der Waals surface area contributed by atoms with Crippen molar-refractivity contribution in [2.75, 3.05) is 19.7 Å². The highest BCUT2D eigenvalue weighted by Gasteiger charge is 2.26. The summed E-state index contributed by atoms with van der Waals surface area (Å²) in [5, 5.41) is 8.91. The summed E-state index contributed by atoms with van der Waals surface area (Å²) < 4.78 is 36.2. The van der Waals surface area contributed by atoms with Crippen molar-refractivity contribution in [2.24, 2.45) is 0 Å². The Kier molecular flexibility index (Phi) is 6.15. The molecule has 0 fully saturated rings. The van der Waals surface area contributed by atoms with Crippen LogP contribution < -0.4 is 0 Å². The van der Waals surface area contributed by atoms with E-state index in [0.717, 1.165) is 5.56 Å². The van der Waals surface area contributed by atoms with E-state index in [4.69, 9.17) is 5.11 Å². The third kappa shape index (κ3) is 6.61. The highest BCUT2D eigenvalue weighted by Crippen LogP contribution is 2.21. The van der Waals surface area contributed by atoms with Gasteiger partial charge in [-0.3, -0.25) is 4.90 Å². The van der Waals surface area contributed by atoms with Gasteiger partial charge in [0.15, 0.2) is 0 Å². The molecule has 5 heteroatoms. The van der Waals surface area contributed by atoms with Gasteiger partial charge in [0.2, 0.25) is 0 Å². The van der Waals surface area contributed by atoms with Gasteiger partial charge in [-0.1, -0.05) is 30.3 Å². The quantitative estimate of drug-likeness (QED) is 0.816. The number of nitrogens with zero attached hydrogens (tertiary/aromatic N) is 1. The molecule has 0 atom stereocenters. The maximum atomic E-state index is 12.1. The molecule has 1 rings (SSSR count). The highest BCUT2D eigenvalue weighted by molar-refractivity contribution is 5.14. The maximum absolute atomic E-state index is 12.1. The fourth-order valence-electron chi connectivity index (χ4n) is 1.76. The van der Waals surface area contributed by atoms with Gasteiger partial charge in [0.1, 0.15) is 0 Å². The van der Waals surface area contributed by atoms with Crippen LogP contribution in [0.1, 0.15) is 18.4 Å². The first-order valence-electron chi connectivity index (χ1n) is 5.95. The average molecular weight is 261 g/mol. The number of halogens is 3. The Morgan fingerprint density at radius 2 is 1.72 bits per heavy atom. The molecule has 0 aliphatic rings. The molecule has 0 saturated heterocycles. The Morgan fingerprint density at radius 1 is 1.06 bits per heavy atom. The fraction of sp³-hybridized carbons (Fsp3) is 0.538. The average Bonchev–Trinajstić information content (AvgIpc) is 2.29. The van der Waals surface area contributed by atoms with Crippen LogP contribution in [0.5, 0.6) is 0 Å². The fourth-order valence-corrected chi connectivity index (χ4v) is 1.76. The first-order chi connectivity index (χ1) is 8.51. The van der Waals surface area contributed by atoms with Crippen LogP contribution >= 0.6 is 0 Å². The predicted octanol–water partition coefficient (Wildman–Crippen LogP) is 2.82. The Bertz CT molecular complexity index is 327. The third-order valence-electron chi connectivity index (χ3n) is 2.60. The second-order valence-electron chi connectivity index (χ2n) is 4.20. The van der Waals surface area contributed by atoms with E-state index in [-0.39, 0.29) is 13.0 Å². The lowest BCUT2D eigenvalue weighted by molar-refractivity contribution is -0.136. The molecule has 0 bridgehead atoms. The molecule has 2 nitrogen and oxygen atoms in total. The second-order valence-corrected chi connectivity index (χ2v) is 4.20. The lowest BCUT2D eigenvalue weighted by atomic mass is 10.2. The molecule has 0 saturated carbocycles. The molecule has 0 spiro atoms. The van der Waals surface area contributed by atoms with E-state index >= 15 is 0 Å². The third-order valence-corrected chi connectivity index (χ3v) is 2.60. The van der Waals surface area contributed by atoms with E-state index < -0.39 is 12.6 Å². The Hall–Kier alpha value is -1.07. The Balaban J connectivity index is 2.40. The van der Waals surface area contributed by atoms with Crippen molar-refractivity contribution < 1.29 is 18.3 Å². The lowest BCUT2D eigenvalue weighted by Crippen LogP contribution is -2.28. The molecule has 0 aromatic heterocycles. The summed E-state index contributed by atoms with van der Waals surface area (Å²) in [6.45, 7) is 1.26. The zero-order valence-corrected chi connectivity index (χ0v) is 10.2. The van der Waals surface area contributed by atoms with Crippen molar-refractivity contribution >= 4 is 0 Å². The van der Waals surface area contributed by atoms with E-state index in [9.17, 15) is 13.2 Å². The summed E-state index contributed by atoms with van der Waals surface area (Å²) in [5.74, 6) is 0. The summed E-state index contributed by atoms with van der Waals surface area (Å²) in [5.41, 5.74) is 1.04. The molecular formula is C13H18F3NO. The number of alkyl halides is 3. The number of rotatable bonds is 7. The van der Waals surface area contributed by atoms with Crippen molar-refractivity contribution in [1.82, 2.24) is 4.90 Å². The van der Waals surface area contributed by atoms with Gasteiger partial charge in [-0.2, -0.15) is 13.2 Å². The Labute approximate surface area is 105 Å². The maximum Gasteiger partial charge on any atom is 0.389 e. The Morgan fingerprint density at radius 3 is 2.28 bits per heavy atom. The van der Waals surface area contributed by atoms with Crippen molar-refractivity contribution in [1.29, 1.82) is 0 Å². The van der Waals surface area contributed by atoms with Gasteiger partial charge in [-0.05, 0) is 18.5 Å². The van der Waals surface area contributed by atoms with Crippen molar-refractivity contribution in [3.63, 3.8) is 0 Å². The van der Waals surface area contributed by atoms with Gasteiger partial charge in [0.05, 0.1) is 6.61 Å². The second kappa shape index (κ2) is 7.38. The van der Waals surface area contributed by atoms with Crippen molar-refractivity contribution in [3.05, 3.63) is 35.9 Å². The first kappa shape index (κ1) is 15.0. The summed E-state index contributed by atoms with van der Waals surface area (Å²) in [6.07, 6.45) is -4.81. The topological polar surface area (TPSA) is 23.5 Å². The van der Waals surface area contributed by atoms with E-state index in [0.29, 0.717) is 19.6 Å². The molecule has 0 aliphatic heterocycles. The normalized spacial score (nSPS) is 12.1. The molecule has 1 aromatic rings. The van der Waals surface area contributed by atoms with Crippen LogP contribution in [0.4, 0.5) is 13.2 Å². The van der Waals surface area contributed by atoms with Gasteiger partial charge in [-0.25, -0.2) is 0 Å². The minimum atomic E-state index is -4.10. The van der Waals surface area contributed by atoms with Crippen LogP contribution in [0.15, 0.2) is 30.3 Å². The largest absolute Gasteiger partial charge is 0.395 e. The van der Waals surface area contributed by atoms with Crippen LogP contribution in [0.25, 0.3) is 0 Å². The lowest BCUT2D eigenvalue weighted by Gasteiger charge is -2.21. The van der Waals surface area contributed by atoms with Crippen LogP contribution in [-0.4, -0.2) is 35.9 Å². The minimum absolute atomic E-state index is 0.0428. The summed E-state index contributed by atoms with van der Waals surface area (Å²) in [7, 11) is 0.